The van der Waals surface area contributed by atoms with Crippen LogP contribution in [0.25, 0.3) is 10.2 Å². The summed E-state index contributed by atoms with van der Waals surface area (Å²) in [6, 6.07) is 14.8. The molecule has 1 saturated heterocycles. The van der Waals surface area contributed by atoms with Crippen molar-refractivity contribution in [1.29, 1.82) is 0 Å². The van der Waals surface area contributed by atoms with E-state index in [1.165, 1.54) is 21.5 Å². The van der Waals surface area contributed by atoms with Gasteiger partial charge in [0.1, 0.15) is 0 Å². The minimum Gasteiger partial charge on any atom is -0.370 e. The van der Waals surface area contributed by atoms with Crippen LogP contribution in [0.4, 0.5) is 10.8 Å². The molecule has 4 rings (SSSR count). The van der Waals surface area contributed by atoms with Gasteiger partial charge in [-0.25, -0.2) is 4.98 Å². The zero-order valence-corrected chi connectivity index (χ0v) is 19.5. The Morgan fingerprint density at radius 1 is 1.26 bits per heavy atom. The number of hydrogen-bond donors (Lipinski definition) is 1. The number of benzene rings is 2. The number of anilines is 2. The second kappa shape index (κ2) is 9.69. The fraction of sp³-hybridized carbons (Fsp3) is 0.440. The van der Waals surface area contributed by atoms with Crippen molar-refractivity contribution in [2.45, 2.75) is 33.6 Å². The van der Waals surface area contributed by atoms with Crippen molar-refractivity contribution in [3.63, 3.8) is 0 Å². The van der Waals surface area contributed by atoms with Crippen LogP contribution in [0.5, 0.6) is 0 Å². The molecule has 2 heterocycles. The highest BCUT2D eigenvalue weighted by Gasteiger charge is 2.27. The van der Waals surface area contributed by atoms with Crippen LogP contribution in [0.3, 0.4) is 0 Å². The number of fused-ring (bicyclic) bond motifs is 1. The van der Waals surface area contributed by atoms with Crippen LogP contribution >= 0.6 is 11.3 Å². The lowest BCUT2D eigenvalue weighted by Gasteiger charge is -2.32. The lowest BCUT2D eigenvalue weighted by Crippen LogP contribution is -2.44. The van der Waals surface area contributed by atoms with Crippen molar-refractivity contribution in [1.82, 2.24) is 10.3 Å². The summed E-state index contributed by atoms with van der Waals surface area (Å²) >= 11 is 1.74. The van der Waals surface area contributed by atoms with Gasteiger partial charge in [-0.15, -0.1) is 0 Å². The van der Waals surface area contributed by atoms with Crippen molar-refractivity contribution < 1.29 is 4.79 Å². The van der Waals surface area contributed by atoms with Crippen LogP contribution in [0.1, 0.15) is 30.9 Å². The van der Waals surface area contributed by atoms with Crippen molar-refractivity contribution in [2.75, 3.05) is 42.5 Å². The molecule has 1 fully saturated rings. The monoisotopic (exact) mass is 436 g/mol. The van der Waals surface area contributed by atoms with Crippen molar-refractivity contribution in [3.05, 3.63) is 53.6 Å². The molecule has 164 valence electrons. The van der Waals surface area contributed by atoms with Gasteiger partial charge in [0.25, 0.3) is 0 Å². The van der Waals surface area contributed by atoms with E-state index in [0.29, 0.717) is 6.54 Å². The summed E-state index contributed by atoms with van der Waals surface area (Å²) < 4.78 is 1.24. The van der Waals surface area contributed by atoms with E-state index in [1.54, 1.807) is 11.3 Å². The summed E-state index contributed by atoms with van der Waals surface area (Å²) in [7, 11) is 0. The van der Waals surface area contributed by atoms with Gasteiger partial charge in [0.2, 0.25) is 5.91 Å². The largest absolute Gasteiger partial charge is 0.370 e. The third kappa shape index (κ3) is 5.01. The lowest BCUT2D eigenvalue weighted by atomic mass is 9.97. The van der Waals surface area contributed by atoms with Crippen LogP contribution in [0.15, 0.2) is 42.5 Å². The molecule has 2 aromatic carbocycles. The number of para-hydroxylation sites is 1. The Kier molecular flexibility index (Phi) is 6.76. The molecule has 0 unspecified atom stereocenters. The van der Waals surface area contributed by atoms with Gasteiger partial charge in [0, 0.05) is 38.4 Å². The Labute approximate surface area is 189 Å². The lowest BCUT2D eigenvalue weighted by molar-refractivity contribution is -0.125. The first-order valence-corrected chi connectivity index (χ1v) is 12.1. The highest BCUT2D eigenvalue weighted by atomic mass is 32.1. The van der Waals surface area contributed by atoms with Gasteiger partial charge in [-0.1, -0.05) is 35.6 Å². The van der Waals surface area contributed by atoms with E-state index >= 15 is 0 Å². The topological polar surface area (TPSA) is 48.5 Å². The van der Waals surface area contributed by atoms with E-state index in [2.05, 4.69) is 72.3 Å². The summed E-state index contributed by atoms with van der Waals surface area (Å²) in [6.07, 6.45) is 1.97. The van der Waals surface area contributed by atoms with E-state index in [4.69, 9.17) is 4.98 Å². The average molecular weight is 437 g/mol. The first-order valence-electron chi connectivity index (χ1n) is 11.3. The number of carbonyl (C=O) groups excluding carboxylic acids is 1. The fourth-order valence-corrected chi connectivity index (χ4v) is 5.60. The van der Waals surface area contributed by atoms with E-state index in [1.807, 2.05) is 6.07 Å². The Bertz CT molecular complexity index is 1030. The molecule has 0 saturated carbocycles. The zero-order chi connectivity index (χ0) is 21.8. The van der Waals surface area contributed by atoms with Crippen LogP contribution in [0.2, 0.25) is 0 Å². The van der Waals surface area contributed by atoms with Gasteiger partial charge in [0.15, 0.2) is 5.13 Å². The molecule has 0 bridgehead atoms. The fourth-order valence-electron chi connectivity index (χ4n) is 4.43. The van der Waals surface area contributed by atoms with E-state index in [-0.39, 0.29) is 11.8 Å². The summed E-state index contributed by atoms with van der Waals surface area (Å²) in [4.78, 5) is 22.4. The van der Waals surface area contributed by atoms with E-state index in [9.17, 15) is 4.79 Å². The smallest absolute Gasteiger partial charge is 0.224 e. The minimum atomic E-state index is 0.0235. The number of carbonyl (C=O) groups is 1. The molecule has 1 amide bonds. The molecule has 6 heteroatoms. The number of aryl methyl sites for hydroxylation is 2. The molecule has 31 heavy (non-hydrogen) atoms. The van der Waals surface area contributed by atoms with Gasteiger partial charge >= 0.3 is 0 Å². The summed E-state index contributed by atoms with van der Waals surface area (Å²) in [6.45, 7) is 10.5. The van der Waals surface area contributed by atoms with Gasteiger partial charge < -0.3 is 15.1 Å². The number of rotatable bonds is 7. The number of aromatic nitrogens is 1. The normalized spacial score (nSPS) is 16.5. The Balaban J connectivity index is 1.35. The van der Waals surface area contributed by atoms with Gasteiger partial charge in [-0.3, -0.25) is 4.79 Å². The molecule has 5 nitrogen and oxygen atoms in total. The number of likely N-dealkylation sites (N-methyl/N-ethyl adjacent to an activating group) is 1. The molecule has 1 aromatic heterocycles. The molecule has 1 atom stereocenters. The number of amides is 1. The maximum Gasteiger partial charge on any atom is 0.224 e. The molecular formula is C25H32N4OS. The third-order valence-electron chi connectivity index (χ3n) is 6.07. The predicted molar refractivity (Wildman–Crippen MR) is 131 cm³/mol. The number of piperidine rings is 1. The molecule has 0 radical (unpaired) electrons. The van der Waals surface area contributed by atoms with Crippen LogP contribution in [0, 0.1) is 19.8 Å². The predicted octanol–water partition coefficient (Wildman–Crippen LogP) is 4.77. The van der Waals surface area contributed by atoms with Crippen molar-refractivity contribution >= 4 is 38.3 Å². The first-order chi connectivity index (χ1) is 15.0. The summed E-state index contributed by atoms with van der Waals surface area (Å²) in [5, 5.41) is 4.22. The summed E-state index contributed by atoms with van der Waals surface area (Å²) in [5.41, 5.74) is 4.79. The molecule has 1 aliphatic heterocycles. The highest BCUT2D eigenvalue weighted by Crippen LogP contribution is 2.33. The van der Waals surface area contributed by atoms with Gasteiger partial charge in [-0.05, 0) is 62.9 Å². The zero-order valence-electron chi connectivity index (χ0n) is 18.7. The molecule has 0 aliphatic carbocycles. The Morgan fingerprint density at radius 3 is 2.84 bits per heavy atom. The SMILES string of the molecule is CCN(CCNC(=O)[C@@H]1CCCN(c2nc3c(C)cc(C)cc3s2)C1)c1ccccc1. The number of thiazole rings is 1. The van der Waals surface area contributed by atoms with E-state index in [0.717, 1.165) is 49.7 Å². The van der Waals surface area contributed by atoms with Crippen molar-refractivity contribution in [2.24, 2.45) is 5.92 Å². The molecule has 3 aromatic rings. The standard InChI is InChI=1S/C25H32N4OS/c1-4-28(21-10-6-5-7-11-21)14-12-26-24(30)20-9-8-13-29(17-20)25-27-23-19(3)15-18(2)16-22(23)31-25/h5-7,10-11,15-16,20H,4,8-9,12-14,17H2,1-3H3,(H,26,30)/t20-/m1/s1. The molecule has 1 N–H and O–H groups in total. The first kappa shape index (κ1) is 21.6. The Morgan fingerprint density at radius 2 is 2.06 bits per heavy atom. The molecular weight excluding hydrogens is 404 g/mol. The number of nitrogens with zero attached hydrogens (tertiary/aromatic N) is 3. The molecule has 1 aliphatic rings. The van der Waals surface area contributed by atoms with Crippen LogP contribution < -0.4 is 15.1 Å². The van der Waals surface area contributed by atoms with Crippen molar-refractivity contribution in [3.8, 4) is 0 Å². The summed E-state index contributed by atoms with van der Waals surface area (Å²) in [5.74, 6) is 0.192. The van der Waals surface area contributed by atoms with Crippen LogP contribution in [-0.2, 0) is 4.79 Å². The Hall–Kier alpha value is -2.60. The van der Waals surface area contributed by atoms with E-state index < -0.39 is 0 Å². The highest BCUT2D eigenvalue weighted by molar-refractivity contribution is 7.22. The number of hydrogen-bond acceptors (Lipinski definition) is 5. The maximum absolute atomic E-state index is 12.9. The second-order valence-corrected chi connectivity index (χ2v) is 9.43. The average Bonchev–Trinajstić information content (AvgIpc) is 3.22. The molecule has 0 spiro atoms. The van der Waals surface area contributed by atoms with Gasteiger partial charge in [-0.2, -0.15) is 0 Å². The minimum absolute atomic E-state index is 0.0235. The quantitative estimate of drug-likeness (QED) is 0.579. The second-order valence-electron chi connectivity index (χ2n) is 8.42. The van der Waals surface area contributed by atoms with Gasteiger partial charge in [0.05, 0.1) is 16.1 Å². The van der Waals surface area contributed by atoms with Crippen LogP contribution in [-0.4, -0.2) is 43.6 Å². The maximum atomic E-state index is 12.9. The number of nitrogens with one attached hydrogen (secondary N) is 1. The third-order valence-corrected chi connectivity index (χ3v) is 7.13.